The van der Waals surface area contributed by atoms with Crippen LogP contribution in [0.4, 0.5) is 16.2 Å². The van der Waals surface area contributed by atoms with Crippen molar-refractivity contribution in [2.45, 2.75) is 19.8 Å². The van der Waals surface area contributed by atoms with Gasteiger partial charge in [-0.2, -0.15) is 0 Å². The number of amides is 3. The first-order valence-corrected chi connectivity index (χ1v) is 11.0. The molecule has 172 valence electrons. The van der Waals surface area contributed by atoms with Crippen LogP contribution in [-0.4, -0.2) is 63.8 Å². The predicted octanol–water partition coefficient (Wildman–Crippen LogP) is 3.59. The Morgan fingerprint density at radius 2 is 1.69 bits per heavy atom. The van der Waals surface area contributed by atoms with E-state index in [1.807, 2.05) is 29.2 Å². The molecule has 32 heavy (non-hydrogen) atoms. The zero-order valence-corrected chi connectivity index (χ0v) is 19.0. The van der Waals surface area contributed by atoms with E-state index >= 15 is 0 Å². The van der Waals surface area contributed by atoms with Crippen molar-refractivity contribution in [2.24, 2.45) is 0 Å². The lowest BCUT2D eigenvalue weighted by atomic mass is 10.1. The molecule has 1 fully saturated rings. The second-order valence-electron chi connectivity index (χ2n) is 7.63. The third kappa shape index (κ3) is 5.84. The van der Waals surface area contributed by atoms with Crippen LogP contribution < -0.4 is 25.0 Å². The number of piperazine rings is 1. The quantitative estimate of drug-likeness (QED) is 0.613. The molecular weight excluding hydrogens is 408 g/mol. The summed E-state index contributed by atoms with van der Waals surface area (Å²) in [6, 6.07) is 12.8. The monoisotopic (exact) mass is 440 g/mol. The van der Waals surface area contributed by atoms with Crippen LogP contribution in [0.25, 0.3) is 0 Å². The van der Waals surface area contributed by atoms with Gasteiger partial charge in [-0.25, -0.2) is 4.79 Å². The van der Waals surface area contributed by atoms with E-state index in [1.165, 1.54) is 7.11 Å². The Hall–Kier alpha value is -3.42. The molecule has 3 amide bonds. The smallest absolute Gasteiger partial charge is 0.317 e. The highest BCUT2D eigenvalue weighted by atomic mass is 16.5. The summed E-state index contributed by atoms with van der Waals surface area (Å²) < 4.78 is 10.5. The van der Waals surface area contributed by atoms with Crippen molar-refractivity contribution < 1.29 is 19.1 Å². The minimum Gasteiger partial charge on any atom is -0.497 e. The summed E-state index contributed by atoms with van der Waals surface area (Å²) in [5, 5.41) is 5.88. The summed E-state index contributed by atoms with van der Waals surface area (Å²) in [6.45, 7) is 5.76. The van der Waals surface area contributed by atoms with Crippen LogP contribution >= 0.6 is 0 Å². The highest BCUT2D eigenvalue weighted by Gasteiger charge is 2.21. The lowest BCUT2D eigenvalue weighted by Crippen LogP contribution is -2.52. The van der Waals surface area contributed by atoms with Crippen molar-refractivity contribution in [1.82, 2.24) is 10.2 Å². The summed E-state index contributed by atoms with van der Waals surface area (Å²) in [6.07, 6.45) is 2.07. The first kappa shape index (κ1) is 23.2. The number of benzene rings is 2. The van der Waals surface area contributed by atoms with Gasteiger partial charge in [-0.05, 0) is 42.8 Å². The number of rotatable bonds is 8. The highest BCUT2D eigenvalue weighted by molar-refractivity contribution is 6.06. The lowest BCUT2D eigenvalue weighted by Gasteiger charge is -2.36. The number of hydrogen-bond donors (Lipinski definition) is 2. The molecule has 2 N–H and O–H groups in total. The van der Waals surface area contributed by atoms with Gasteiger partial charge in [0.25, 0.3) is 5.91 Å². The number of ether oxygens (including phenoxy) is 2. The Morgan fingerprint density at radius 3 is 2.31 bits per heavy atom. The number of urea groups is 1. The zero-order valence-electron chi connectivity index (χ0n) is 19.0. The number of methoxy groups -OCH3 is 2. The molecule has 1 aliphatic heterocycles. The SMILES string of the molecule is CCCCNC(=O)N1CCN(c2ccc(NC(=O)c3ccc(OC)cc3OC)cc2)CC1. The normalized spacial score (nSPS) is 13.5. The summed E-state index contributed by atoms with van der Waals surface area (Å²) in [5.74, 6) is 0.830. The number of unbranched alkanes of at least 4 members (excludes halogenated alkanes) is 1. The Balaban J connectivity index is 1.55. The maximum atomic E-state index is 12.7. The summed E-state index contributed by atoms with van der Waals surface area (Å²) in [7, 11) is 3.09. The molecule has 2 aromatic carbocycles. The molecule has 1 heterocycles. The molecule has 0 spiro atoms. The molecule has 3 rings (SSSR count). The second kappa shape index (κ2) is 11.3. The van der Waals surface area contributed by atoms with Crippen LogP contribution in [0.15, 0.2) is 42.5 Å². The molecule has 0 atom stereocenters. The van der Waals surface area contributed by atoms with Gasteiger partial charge in [0.05, 0.1) is 19.8 Å². The fourth-order valence-corrected chi connectivity index (χ4v) is 3.59. The summed E-state index contributed by atoms with van der Waals surface area (Å²) in [4.78, 5) is 29.0. The molecule has 1 aliphatic rings. The molecule has 8 heteroatoms. The molecule has 0 aliphatic carbocycles. The minimum absolute atomic E-state index is 0.0186. The first-order chi connectivity index (χ1) is 15.5. The van der Waals surface area contributed by atoms with Gasteiger partial charge < -0.3 is 29.9 Å². The van der Waals surface area contributed by atoms with Crippen LogP contribution in [0.1, 0.15) is 30.1 Å². The van der Waals surface area contributed by atoms with Crippen molar-refractivity contribution in [3.05, 3.63) is 48.0 Å². The molecule has 2 aromatic rings. The van der Waals surface area contributed by atoms with Crippen LogP contribution in [0.5, 0.6) is 11.5 Å². The van der Waals surface area contributed by atoms with Crippen molar-refractivity contribution in [1.29, 1.82) is 0 Å². The van der Waals surface area contributed by atoms with E-state index < -0.39 is 0 Å². The van der Waals surface area contributed by atoms with E-state index in [2.05, 4.69) is 22.5 Å². The van der Waals surface area contributed by atoms with Gasteiger partial charge in [-0.1, -0.05) is 13.3 Å². The summed E-state index contributed by atoms with van der Waals surface area (Å²) in [5.41, 5.74) is 2.20. The average Bonchev–Trinajstić information content (AvgIpc) is 2.84. The van der Waals surface area contributed by atoms with Crippen molar-refractivity contribution >= 4 is 23.3 Å². The van der Waals surface area contributed by atoms with E-state index in [0.717, 1.165) is 38.2 Å². The second-order valence-corrected chi connectivity index (χ2v) is 7.63. The topological polar surface area (TPSA) is 83.1 Å². The van der Waals surface area contributed by atoms with E-state index in [-0.39, 0.29) is 11.9 Å². The minimum atomic E-state index is -0.250. The molecule has 0 aromatic heterocycles. The number of carbonyl (C=O) groups is 2. The van der Waals surface area contributed by atoms with Gasteiger partial charge in [0.1, 0.15) is 11.5 Å². The largest absolute Gasteiger partial charge is 0.497 e. The number of nitrogens with zero attached hydrogens (tertiary/aromatic N) is 2. The lowest BCUT2D eigenvalue weighted by molar-refractivity contribution is 0.102. The Morgan fingerprint density at radius 1 is 0.969 bits per heavy atom. The standard InChI is InChI=1S/C24H32N4O4/c1-4-5-12-25-24(30)28-15-13-27(14-16-28)19-8-6-18(7-9-19)26-23(29)21-11-10-20(31-2)17-22(21)32-3/h6-11,17H,4-5,12-16H2,1-3H3,(H,25,30)(H,26,29). The van der Waals surface area contributed by atoms with E-state index in [0.29, 0.717) is 35.8 Å². The third-order valence-electron chi connectivity index (χ3n) is 5.52. The molecule has 8 nitrogen and oxygen atoms in total. The zero-order chi connectivity index (χ0) is 22.9. The van der Waals surface area contributed by atoms with Gasteiger partial charge in [0.2, 0.25) is 0 Å². The van der Waals surface area contributed by atoms with Crippen LogP contribution in [0.2, 0.25) is 0 Å². The molecule has 0 bridgehead atoms. The fourth-order valence-electron chi connectivity index (χ4n) is 3.59. The number of carbonyl (C=O) groups excluding carboxylic acids is 2. The average molecular weight is 441 g/mol. The van der Waals surface area contributed by atoms with E-state index in [1.54, 1.807) is 25.3 Å². The van der Waals surface area contributed by atoms with E-state index in [4.69, 9.17) is 9.47 Å². The predicted molar refractivity (Wildman–Crippen MR) is 126 cm³/mol. The molecule has 1 saturated heterocycles. The van der Waals surface area contributed by atoms with Gasteiger partial charge >= 0.3 is 6.03 Å². The maximum absolute atomic E-state index is 12.7. The van der Waals surface area contributed by atoms with Crippen LogP contribution in [-0.2, 0) is 0 Å². The van der Waals surface area contributed by atoms with Crippen molar-refractivity contribution in [3.8, 4) is 11.5 Å². The van der Waals surface area contributed by atoms with Crippen LogP contribution in [0.3, 0.4) is 0 Å². The van der Waals surface area contributed by atoms with Gasteiger partial charge in [-0.3, -0.25) is 4.79 Å². The summed E-state index contributed by atoms with van der Waals surface area (Å²) >= 11 is 0. The van der Waals surface area contributed by atoms with Crippen LogP contribution in [0, 0.1) is 0 Å². The number of hydrogen-bond acceptors (Lipinski definition) is 5. The maximum Gasteiger partial charge on any atom is 0.317 e. The van der Waals surface area contributed by atoms with Crippen molar-refractivity contribution in [2.75, 3.05) is 57.2 Å². The molecular formula is C24H32N4O4. The highest BCUT2D eigenvalue weighted by Crippen LogP contribution is 2.26. The third-order valence-corrected chi connectivity index (χ3v) is 5.52. The Bertz CT molecular complexity index is 909. The Kier molecular flexibility index (Phi) is 8.19. The van der Waals surface area contributed by atoms with Gasteiger partial charge in [0, 0.05) is 50.2 Å². The van der Waals surface area contributed by atoms with E-state index in [9.17, 15) is 9.59 Å². The molecule has 0 unspecified atom stereocenters. The number of anilines is 2. The molecule has 0 radical (unpaired) electrons. The van der Waals surface area contributed by atoms with Gasteiger partial charge in [-0.15, -0.1) is 0 Å². The van der Waals surface area contributed by atoms with Crippen molar-refractivity contribution in [3.63, 3.8) is 0 Å². The van der Waals surface area contributed by atoms with Gasteiger partial charge in [0.15, 0.2) is 0 Å². The number of nitrogens with one attached hydrogen (secondary N) is 2. The first-order valence-electron chi connectivity index (χ1n) is 11.0. The fraction of sp³-hybridized carbons (Fsp3) is 0.417. The molecule has 0 saturated carbocycles. The Labute approximate surface area is 189 Å².